The number of halogens is 1. The van der Waals surface area contributed by atoms with E-state index in [2.05, 4.69) is 4.98 Å². The van der Waals surface area contributed by atoms with E-state index in [1.165, 1.54) is 12.1 Å². The fourth-order valence-electron chi connectivity index (χ4n) is 2.59. The molecule has 1 unspecified atom stereocenters. The molecule has 2 N–H and O–H groups in total. The van der Waals surface area contributed by atoms with E-state index in [0.29, 0.717) is 6.54 Å². The molecule has 0 aliphatic heterocycles. The Bertz CT molecular complexity index is 811. The molecule has 3 rings (SSSR count). The SMILES string of the molecule is COc1ccc2c(c1)nc(C(C)N)n2Cc1cccc(F)c1. The summed E-state index contributed by atoms with van der Waals surface area (Å²) in [6, 6.07) is 12.1. The standard InChI is InChI=1S/C17H18FN3O/c1-11(19)17-20-15-9-14(22-2)6-7-16(15)21(17)10-12-4-3-5-13(18)8-12/h3-9,11H,10,19H2,1-2H3. The number of aromatic nitrogens is 2. The Morgan fingerprint density at radius 2 is 2.09 bits per heavy atom. The first-order chi connectivity index (χ1) is 10.6. The van der Waals surface area contributed by atoms with Crippen molar-refractivity contribution in [3.63, 3.8) is 0 Å². The highest BCUT2D eigenvalue weighted by Crippen LogP contribution is 2.25. The van der Waals surface area contributed by atoms with Gasteiger partial charge in [0.2, 0.25) is 0 Å². The van der Waals surface area contributed by atoms with Crippen molar-refractivity contribution >= 4 is 11.0 Å². The van der Waals surface area contributed by atoms with Gasteiger partial charge >= 0.3 is 0 Å². The van der Waals surface area contributed by atoms with Gasteiger partial charge in [0, 0.05) is 12.6 Å². The Labute approximate surface area is 128 Å². The molecule has 114 valence electrons. The summed E-state index contributed by atoms with van der Waals surface area (Å²) in [5, 5.41) is 0. The lowest BCUT2D eigenvalue weighted by atomic mass is 10.2. The summed E-state index contributed by atoms with van der Waals surface area (Å²) in [6.45, 7) is 2.41. The van der Waals surface area contributed by atoms with Crippen LogP contribution in [-0.4, -0.2) is 16.7 Å². The Kier molecular flexibility index (Phi) is 3.81. The highest BCUT2D eigenvalue weighted by molar-refractivity contribution is 5.78. The average molecular weight is 299 g/mol. The minimum Gasteiger partial charge on any atom is -0.497 e. The van der Waals surface area contributed by atoms with E-state index in [9.17, 15) is 4.39 Å². The minimum absolute atomic E-state index is 0.216. The van der Waals surface area contributed by atoms with Crippen molar-refractivity contribution in [2.45, 2.75) is 19.5 Å². The minimum atomic E-state index is -0.245. The van der Waals surface area contributed by atoms with Crippen LogP contribution in [0.15, 0.2) is 42.5 Å². The smallest absolute Gasteiger partial charge is 0.126 e. The van der Waals surface area contributed by atoms with Crippen molar-refractivity contribution in [3.05, 3.63) is 59.7 Å². The van der Waals surface area contributed by atoms with Gasteiger partial charge in [-0.3, -0.25) is 0 Å². The quantitative estimate of drug-likeness (QED) is 0.804. The number of fused-ring (bicyclic) bond motifs is 1. The largest absolute Gasteiger partial charge is 0.497 e. The van der Waals surface area contributed by atoms with Crippen molar-refractivity contribution in [3.8, 4) is 5.75 Å². The van der Waals surface area contributed by atoms with Crippen LogP contribution in [-0.2, 0) is 6.54 Å². The summed E-state index contributed by atoms with van der Waals surface area (Å²) in [5.74, 6) is 1.28. The molecular weight excluding hydrogens is 281 g/mol. The van der Waals surface area contributed by atoms with E-state index in [4.69, 9.17) is 10.5 Å². The zero-order chi connectivity index (χ0) is 15.7. The van der Waals surface area contributed by atoms with Gasteiger partial charge in [-0.1, -0.05) is 12.1 Å². The zero-order valence-corrected chi connectivity index (χ0v) is 12.6. The second-order valence-electron chi connectivity index (χ2n) is 5.33. The van der Waals surface area contributed by atoms with Gasteiger partial charge in [-0.2, -0.15) is 0 Å². The van der Waals surface area contributed by atoms with Gasteiger partial charge in [0.05, 0.1) is 24.2 Å². The summed E-state index contributed by atoms with van der Waals surface area (Å²) >= 11 is 0. The van der Waals surface area contributed by atoms with Crippen LogP contribution >= 0.6 is 0 Å². The molecule has 3 aromatic rings. The lowest BCUT2D eigenvalue weighted by molar-refractivity contribution is 0.415. The molecular formula is C17H18FN3O. The van der Waals surface area contributed by atoms with Crippen LogP contribution in [0.3, 0.4) is 0 Å². The lowest BCUT2D eigenvalue weighted by Gasteiger charge is -2.12. The third-order valence-electron chi connectivity index (χ3n) is 3.62. The predicted molar refractivity (Wildman–Crippen MR) is 84.4 cm³/mol. The fraction of sp³-hybridized carbons (Fsp3) is 0.235. The molecule has 0 bridgehead atoms. The molecule has 0 spiro atoms. The summed E-state index contributed by atoms with van der Waals surface area (Å²) in [5.41, 5.74) is 8.69. The predicted octanol–water partition coefficient (Wildman–Crippen LogP) is 3.25. The Morgan fingerprint density at radius 1 is 1.27 bits per heavy atom. The Morgan fingerprint density at radius 3 is 2.77 bits per heavy atom. The zero-order valence-electron chi connectivity index (χ0n) is 12.6. The van der Waals surface area contributed by atoms with Crippen molar-refractivity contribution < 1.29 is 9.13 Å². The number of ether oxygens (including phenoxy) is 1. The van der Waals surface area contributed by atoms with Crippen molar-refractivity contribution in [2.24, 2.45) is 5.73 Å². The molecule has 0 aliphatic rings. The van der Waals surface area contributed by atoms with Gasteiger partial charge in [0.1, 0.15) is 17.4 Å². The van der Waals surface area contributed by atoms with E-state index in [-0.39, 0.29) is 11.9 Å². The fourth-order valence-corrected chi connectivity index (χ4v) is 2.59. The summed E-state index contributed by atoms with van der Waals surface area (Å²) in [4.78, 5) is 4.60. The monoisotopic (exact) mass is 299 g/mol. The second kappa shape index (κ2) is 5.77. The van der Waals surface area contributed by atoms with Crippen LogP contribution in [0.5, 0.6) is 5.75 Å². The summed E-state index contributed by atoms with van der Waals surface area (Å²) in [7, 11) is 1.62. The van der Waals surface area contributed by atoms with E-state index < -0.39 is 0 Å². The molecule has 4 nitrogen and oxygen atoms in total. The molecule has 5 heteroatoms. The van der Waals surface area contributed by atoms with E-state index in [1.807, 2.05) is 35.8 Å². The molecule has 2 aromatic carbocycles. The van der Waals surface area contributed by atoms with Crippen LogP contribution in [0.25, 0.3) is 11.0 Å². The van der Waals surface area contributed by atoms with Crippen LogP contribution < -0.4 is 10.5 Å². The van der Waals surface area contributed by atoms with Crippen molar-refractivity contribution in [2.75, 3.05) is 7.11 Å². The van der Waals surface area contributed by atoms with Crippen molar-refractivity contribution in [1.29, 1.82) is 0 Å². The molecule has 0 radical (unpaired) electrons. The molecule has 1 atom stereocenters. The van der Waals surface area contributed by atoms with Gasteiger partial charge < -0.3 is 15.0 Å². The van der Waals surface area contributed by atoms with Gasteiger partial charge in [-0.05, 0) is 36.8 Å². The van der Waals surface area contributed by atoms with Gasteiger partial charge in [-0.25, -0.2) is 9.37 Å². The number of nitrogens with two attached hydrogens (primary N) is 1. The second-order valence-corrected chi connectivity index (χ2v) is 5.33. The maximum atomic E-state index is 13.4. The molecule has 0 amide bonds. The van der Waals surface area contributed by atoms with Crippen molar-refractivity contribution in [1.82, 2.24) is 9.55 Å². The highest BCUT2D eigenvalue weighted by atomic mass is 19.1. The third kappa shape index (κ3) is 2.67. The molecule has 0 fully saturated rings. The summed E-state index contributed by atoms with van der Waals surface area (Å²) in [6.07, 6.45) is 0. The third-order valence-corrected chi connectivity index (χ3v) is 3.62. The highest BCUT2D eigenvalue weighted by Gasteiger charge is 2.15. The number of hydrogen-bond acceptors (Lipinski definition) is 3. The topological polar surface area (TPSA) is 53.1 Å². The first-order valence-corrected chi connectivity index (χ1v) is 7.12. The van der Waals surface area contributed by atoms with Gasteiger partial charge in [-0.15, -0.1) is 0 Å². The molecule has 1 aromatic heterocycles. The number of hydrogen-bond donors (Lipinski definition) is 1. The molecule has 22 heavy (non-hydrogen) atoms. The van der Waals surface area contributed by atoms with Crippen LogP contribution in [0.2, 0.25) is 0 Å². The van der Waals surface area contributed by atoms with Crippen LogP contribution in [0.4, 0.5) is 4.39 Å². The maximum absolute atomic E-state index is 13.4. The molecule has 0 aliphatic carbocycles. The average Bonchev–Trinajstić information content (AvgIpc) is 2.85. The van der Waals surface area contributed by atoms with Crippen LogP contribution in [0.1, 0.15) is 24.4 Å². The first kappa shape index (κ1) is 14.5. The number of imidazole rings is 1. The molecule has 0 saturated carbocycles. The summed E-state index contributed by atoms with van der Waals surface area (Å²) < 4.78 is 20.7. The number of nitrogens with zero attached hydrogens (tertiary/aromatic N) is 2. The van der Waals surface area contributed by atoms with E-state index >= 15 is 0 Å². The van der Waals surface area contributed by atoms with Gasteiger partial charge in [0.25, 0.3) is 0 Å². The lowest BCUT2D eigenvalue weighted by Crippen LogP contribution is -2.14. The maximum Gasteiger partial charge on any atom is 0.126 e. The Hall–Kier alpha value is -2.40. The number of rotatable bonds is 4. The number of benzene rings is 2. The van der Waals surface area contributed by atoms with E-state index in [1.54, 1.807) is 13.2 Å². The van der Waals surface area contributed by atoms with Gasteiger partial charge in [0.15, 0.2) is 0 Å². The van der Waals surface area contributed by atoms with Crippen LogP contribution in [0, 0.1) is 5.82 Å². The molecule has 0 saturated heterocycles. The number of methoxy groups -OCH3 is 1. The Balaban J connectivity index is 2.11. The normalized spacial score (nSPS) is 12.5. The first-order valence-electron chi connectivity index (χ1n) is 7.12. The molecule has 1 heterocycles. The van der Waals surface area contributed by atoms with E-state index in [0.717, 1.165) is 28.2 Å².